The number of fused-ring (bicyclic) bond motifs is 2. The van der Waals surface area contributed by atoms with Gasteiger partial charge in [-0.2, -0.15) is 0 Å². The van der Waals surface area contributed by atoms with Crippen LogP contribution in [-0.4, -0.2) is 63.3 Å². The smallest absolute Gasteiger partial charge is 0.256 e. The first-order valence-electron chi connectivity index (χ1n) is 11.3. The molecule has 0 aliphatic carbocycles. The molecule has 1 unspecified atom stereocenters. The molecule has 0 bridgehead atoms. The van der Waals surface area contributed by atoms with Gasteiger partial charge >= 0.3 is 0 Å². The lowest BCUT2D eigenvalue weighted by molar-refractivity contribution is -0.156. The van der Waals surface area contributed by atoms with Gasteiger partial charge in [-0.25, -0.2) is 0 Å². The van der Waals surface area contributed by atoms with E-state index in [1.807, 2.05) is 49.4 Å². The lowest BCUT2D eigenvalue weighted by Crippen LogP contribution is -2.72. The summed E-state index contributed by atoms with van der Waals surface area (Å²) in [5.74, 6) is -0.407. The average Bonchev–Trinajstić information content (AvgIpc) is 3.08. The van der Waals surface area contributed by atoms with Crippen LogP contribution in [0, 0.1) is 6.92 Å². The number of nitrogens with one attached hydrogen (secondary N) is 1. The number of carbonyl (C=O) groups is 3. The van der Waals surface area contributed by atoms with Crippen molar-refractivity contribution >= 4 is 28.6 Å². The fourth-order valence-electron chi connectivity index (χ4n) is 5.07. The van der Waals surface area contributed by atoms with Gasteiger partial charge in [0.05, 0.1) is 12.1 Å². The number of benzene rings is 2. The molecule has 1 N–H and O–H groups in total. The summed E-state index contributed by atoms with van der Waals surface area (Å²) in [4.78, 5) is 42.6. The van der Waals surface area contributed by atoms with Gasteiger partial charge in [-0.05, 0) is 32.4 Å². The molecule has 3 amide bonds. The molecule has 1 aromatic heterocycles. The Hall–Kier alpha value is -3.61. The fourth-order valence-corrected chi connectivity index (χ4v) is 5.07. The van der Waals surface area contributed by atoms with E-state index in [4.69, 9.17) is 0 Å². The van der Waals surface area contributed by atoms with Crippen LogP contribution in [0.4, 0.5) is 0 Å². The molecule has 0 radical (unpaired) electrons. The van der Waals surface area contributed by atoms with Crippen LogP contribution in [0.1, 0.15) is 35.5 Å². The molecule has 2 aliphatic rings. The van der Waals surface area contributed by atoms with Crippen molar-refractivity contribution in [3.63, 3.8) is 0 Å². The van der Waals surface area contributed by atoms with Gasteiger partial charge in [-0.1, -0.05) is 48.5 Å². The van der Waals surface area contributed by atoms with Gasteiger partial charge in [0.1, 0.15) is 11.6 Å². The first-order chi connectivity index (χ1) is 15.8. The highest BCUT2D eigenvalue weighted by Crippen LogP contribution is 2.30. The second-order valence-corrected chi connectivity index (χ2v) is 9.43. The number of aromatic nitrogens is 1. The molecule has 2 fully saturated rings. The van der Waals surface area contributed by atoms with Crippen molar-refractivity contribution in [2.75, 3.05) is 19.6 Å². The van der Waals surface area contributed by atoms with Crippen molar-refractivity contribution in [3.8, 4) is 0 Å². The molecule has 0 spiro atoms. The van der Waals surface area contributed by atoms with Crippen LogP contribution >= 0.6 is 0 Å². The minimum absolute atomic E-state index is 0.0970. The zero-order chi connectivity index (χ0) is 23.3. The standard InChI is InChI=1S/C26H28N4O3/c1-17-22(19-11-7-8-12-20(19)30(17)15-18-9-5-4-6-10-18)24(32)28-13-14-29-21(16-28)23(31)27-26(2,3)25(29)33/h4-12,21H,13-16H2,1-3H3,(H,27,31). The van der Waals surface area contributed by atoms with Crippen molar-refractivity contribution in [1.82, 2.24) is 19.7 Å². The van der Waals surface area contributed by atoms with Crippen LogP contribution in [0.2, 0.25) is 0 Å². The van der Waals surface area contributed by atoms with E-state index in [-0.39, 0.29) is 24.3 Å². The molecule has 3 heterocycles. The van der Waals surface area contributed by atoms with Crippen molar-refractivity contribution < 1.29 is 14.4 Å². The van der Waals surface area contributed by atoms with Crippen LogP contribution in [0.15, 0.2) is 54.6 Å². The Morgan fingerprint density at radius 2 is 1.73 bits per heavy atom. The molecular weight excluding hydrogens is 416 g/mol. The number of carbonyl (C=O) groups excluding carboxylic acids is 3. The number of amides is 3. The van der Waals surface area contributed by atoms with E-state index in [1.165, 1.54) is 0 Å². The number of para-hydroxylation sites is 1. The van der Waals surface area contributed by atoms with Crippen LogP contribution in [0.25, 0.3) is 10.9 Å². The zero-order valence-corrected chi connectivity index (χ0v) is 19.2. The maximum Gasteiger partial charge on any atom is 0.256 e. The third-order valence-corrected chi connectivity index (χ3v) is 6.83. The van der Waals surface area contributed by atoms with E-state index < -0.39 is 11.6 Å². The summed E-state index contributed by atoms with van der Waals surface area (Å²) >= 11 is 0. The second kappa shape index (κ2) is 7.76. The molecular formula is C26H28N4O3. The minimum atomic E-state index is -0.915. The minimum Gasteiger partial charge on any atom is -0.340 e. The van der Waals surface area contributed by atoms with Crippen LogP contribution < -0.4 is 5.32 Å². The zero-order valence-electron chi connectivity index (χ0n) is 19.2. The highest BCUT2D eigenvalue weighted by molar-refractivity contribution is 6.09. The van der Waals surface area contributed by atoms with E-state index >= 15 is 0 Å². The first-order valence-corrected chi connectivity index (χ1v) is 11.3. The van der Waals surface area contributed by atoms with Crippen LogP contribution in [-0.2, 0) is 16.1 Å². The predicted octanol–water partition coefficient (Wildman–Crippen LogP) is 2.56. The molecule has 7 heteroatoms. The highest BCUT2D eigenvalue weighted by atomic mass is 16.2. The second-order valence-electron chi connectivity index (χ2n) is 9.43. The molecule has 1 atom stereocenters. The molecule has 3 aromatic rings. The number of hydrogen-bond acceptors (Lipinski definition) is 3. The highest BCUT2D eigenvalue weighted by Gasteiger charge is 2.48. The maximum absolute atomic E-state index is 13.8. The Kier molecular flexibility index (Phi) is 5.00. The van der Waals surface area contributed by atoms with E-state index in [2.05, 4.69) is 22.0 Å². The van der Waals surface area contributed by atoms with Crippen molar-refractivity contribution in [2.24, 2.45) is 0 Å². The molecule has 0 saturated carbocycles. The monoisotopic (exact) mass is 444 g/mol. The molecule has 2 saturated heterocycles. The predicted molar refractivity (Wildman–Crippen MR) is 126 cm³/mol. The quantitative estimate of drug-likeness (QED) is 0.675. The summed E-state index contributed by atoms with van der Waals surface area (Å²) in [6, 6.07) is 17.5. The fraction of sp³-hybridized carbons (Fsp3) is 0.346. The van der Waals surface area contributed by atoms with Crippen LogP contribution in [0.3, 0.4) is 0 Å². The van der Waals surface area contributed by atoms with Crippen molar-refractivity contribution in [2.45, 2.75) is 38.9 Å². The molecule has 5 rings (SSSR count). The van der Waals surface area contributed by atoms with Gasteiger partial charge in [-0.3, -0.25) is 14.4 Å². The number of piperazine rings is 2. The van der Waals surface area contributed by atoms with Crippen molar-refractivity contribution in [3.05, 3.63) is 71.4 Å². The van der Waals surface area contributed by atoms with Crippen molar-refractivity contribution in [1.29, 1.82) is 0 Å². The summed E-state index contributed by atoms with van der Waals surface area (Å²) in [7, 11) is 0. The third-order valence-electron chi connectivity index (χ3n) is 6.83. The summed E-state index contributed by atoms with van der Waals surface area (Å²) in [5.41, 5.74) is 2.82. The molecule has 2 aromatic carbocycles. The molecule has 2 aliphatic heterocycles. The van der Waals surface area contributed by atoms with Gasteiger partial charge < -0.3 is 19.7 Å². The molecule has 7 nitrogen and oxygen atoms in total. The lowest BCUT2D eigenvalue weighted by atomic mass is 9.95. The molecule has 170 valence electrons. The Labute approximate surface area is 193 Å². The number of nitrogens with zero attached hydrogens (tertiary/aromatic N) is 3. The van der Waals surface area contributed by atoms with Gasteiger partial charge in [0, 0.05) is 36.2 Å². The van der Waals surface area contributed by atoms with Gasteiger partial charge in [0.25, 0.3) is 5.91 Å². The van der Waals surface area contributed by atoms with Gasteiger partial charge in [-0.15, -0.1) is 0 Å². The molecule has 33 heavy (non-hydrogen) atoms. The number of rotatable bonds is 3. The largest absolute Gasteiger partial charge is 0.340 e. The average molecular weight is 445 g/mol. The van der Waals surface area contributed by atoms with E-state index in [0.717, 1.165) is 22.2 Å². The maximum atomic E-state index is 13.8. The third kappa shape index (κ3) is 3.48. The first kappa shape index (κ1) is 21.2. The Balaban J connectivity index is 1.48. The Morgan fingerprint density at radius 1 is 1.03 bits per heavy atom. The van der Waals surface area contributed by atoms with E-state index in [9.17, 15) is 14.4 Å². The summed E-state index contributed by atoms with van der Waals surface area (Å²) in [6.45, 7) is 7.03. The number of hydrogen-bond donors (Lipinski definition) is 1. The topological polar surface area (TPSA) is 74.7 Å². The van der Waals surface area contributed by atoms with Crippen LogP contribution in [0.5, 0.6) is 0 Å². The normalized spacial score (nSPS) is 20.0. The Bertz CT molecular complexity index is 1260. The van der Waals surface area contributed by atoms with Gasteiger partial charge in [0.2, 0.25) is 11.8 Å². The van der Waals surface area contributed by atoms with E-state index in [0.29, 0.717) is 25.2 Å². The lowest BCUT2D eigenvalue weighted by Gasteiger charge is -2.47. The Morgan fingerprint density at radius 3 is 2.48 bits per heavy atom. The van der Waals surface area contributed by atoms with Gasteiger partial charge in [0.15, 0.2) is 0 Å². The summed E-state index contributed by atoms with van der Waals surface area (Å²) in [5, 5.41) is 3.71. The summed E-state index contributed by atoms with van der Waals surface area (Å²) < 4.78 is 2.17. The summed E-state index contributed by atoms with van der Waals surface area (Å²) in [6.07, 6.45) is 0. The van der Waals surface area contributed by atoms with E-state index in [1.54, 1.807) is 23.6 Å². The SMILES string of the molecule is Cc1c(C(=O)N2CCN3C(=O)C(C)(C)NC(=O)C3C2)c2ccccc2n1Cc1ccccc1.